The van der Waals surface area contributed by atoms with E-state index in [1.165, 1.54) is 19.5 Å². The first-order valence-electron chi connectivity index (χ1n) is 7.15. The molecule has 2 aromatic heterocycles. The summed E-state index contributed by atoms with van der Waals surface area (Å²) in [5, 5.41) is 6.26. The highest BCUT2D eigenvalue weighted by Gasteiger charge is 2.33. The molecule has 0 saturated carbocycles. The number of hydrogen-bond acceptors (Lipinski definition) is 4. The van der Waals surface area contributed by atoms with Gasteiger partial charge >= 0.3 is 0 Å². The molecule has 20 heavy (non-hydrogen) atoms. The molecule has 5 heteroatoms. The minimum absolute atomic E-state index is 0.0344. The van der Waals surface area contributed by atoms with Gasteiger partial charge in [0.1, 0.15) is 10.5 Å². The van der Waals surface area contributed by atoms with Crippen molar-refractivity contribution >= 4 is 27.5 Å². The molecule has 104 valence electrons. The van der Waals surface area contributed by atoms with E-state index >= 15 is 0 Å². The van der Waals surface area contributed by atoms with Crippen LogP contribution in [-0.4, -0.2) is 41.5 Å². The summed E-state index contributed by atoms with van der Waals surface area (Å²) < 4.78 is 0. The van der Waals surface area contributed by atoms with Crippen molar-refractivity contribution < 1.29 is 4.79 Å². The molecular formula is C15H17N3OS. The molecule has 2 aliphatic heterocycles. The average molecular weight is 287 g/mol. The fraction of sp³-hybridized carbons (Fsp3) is 0.467. The molecule has 4 heterocycles. The number of carbonyl (C=O) groups excluding carboxylic acids is 1. The Morgan fingerprint density at radius 2 is 2.30 bits per heavy atom. The molecule has 4 nitrogen and oxygen atoms in total. The zero-order valence-electron chi connectivity index (χ0n) is 11.2. The number of rotatable bonds is 2. The molecule has 0 aliphatic carbocycles. The molecule has 2 bridgehead atoms. The molecule has 1 N–H and O–H groups in total. The SMILES string of the molecule is O=C(N[C@@H]1C[C@H]2CCN(C2)C1)c1ccc2ccsc2n1. The van der Waals surface area contributed by atoms with Crippen LogP contribution in [0.3, 0.4) is 0 Å². The van der Waals surface area contributed by atoms with Gasteiger partial charge in [0.15, 0.2) is 0 Å². The van der Waals surface area contributed by atoms with Crippen LogP contribution in [0, 0.1) is 5.92 Å². The number of piperidine rings is 1. The standard InChI is InChI=1S/C15H17N3OS/c19-14(13-2-1-11-4-6-20-15(11)17-13)16-12-7-10-3-5-18(8-10)9-12/h1-2,4,6,10,12H,3,5,7-9H2,(H,16,19)/t10-,12-/m1/s1. The number of nitrogens with zero attached hydrogens (tertiary/aromatic N) is 2. The van der Waals surface area contributed by atoms with Crippen LogP contribution in [0.1, 0.15) is 23.3 Å². The fourth-order valence-electron chi connectivity index (χ4n) is 3.39. The van der Waals surface area contributed by atoms with Crippen molar-refractivity contribution in [3.8, 4) is 0 Å². The maximum Gasteiger partial charge on any atom is 0.270 e. The normalized spacial score (nSPS) is 28.7. The third kappa shape index (κ3) is 2.21. The van der Waals surface area contributed by atoms with Gasteiger partial charge in [0.25, 0.3) is 5.91 Å². The number of hydrogen-bond donors (Lipinski definition) is 1. The highest BCUT2D eigenvalue weighted by atomic mass is 32.1. The Bertz CT molecular complexity index is 641. The number of aromatic nitrogens is 1. The second kappa shape index (κ2) is 4.82. The largest absolute Gasteiger partial charge is 0.347 e. The van der Waals surface area contributed by atoms with Crippen molar-refractivity contribution in [1.29, 1.82) is 0 Å². The third-order valence-corrected chi connectivity index (χ3v) is 5.17. The van der Waals surface area contributed by atoms with Crippen LogP contribution in [0.25, 0.3) is 10.2 Å². The van der Waals surface area contributed by atoms with E-state index in [0.29, 0.717) is 5.69 Å². The summed E-state index contributed by atoms with van der Waals surface area (Å²) in [5.41, 5.74) is 0.535. The monoisotopic (exact) mass is 287 g/mol. The van der Waals surface area contributed by atoms with Gasteiger partial charge in [0, 0.05) is 24.5 Å². The maximum absolute atomic E-state index is 12.3. The number of carbonyl (C=O) groups is 1. The maximum atomic E-state index is 12.3. The lowest BCUT2D eigenvalue weighted by molar-refractivity contribution is 0.0905. The van der Waals surface area contributed by atoms with Gasteiger partial charge in [-0.05, 0) is 48.9 Å². The number of nitrogens with one attached hydrogen (secondary N) is 1. The quantitative estimate of drug-likeness (QED) is 0.920. The Morgan fingerprint density at radius 1 is 1.35 bits per heavy atom. The van der Waals surface area contributed by atoms with Gasteiger partial charge in [0.2, 0.25) is 0 Å². The van der Waals surface area contributed by atoms with Crippen LogP contribution in [-0.2, 0) is 0 Å². The molecule has 4 rings (SSSR count). The van der Waals surface area contributed by atoms with Crippen LogP contribution in [0.4, 0.5) is 0 Å². The lowest BCUT2D eigenvalue weighted by Crippen LogP contribution is -2.47. The highest BCUT2D eigenvalue weighted by molar-refractivity contribution is 7.16. The van der Waals surface area contributed by atoms with Crippen molar-refractivity contribution in [1.82, 2.24) is 15.2 Å². The van der Waals surface area contributed by atoms with Crippen LogP contribution in [0.2, 0.25) is 0 Å². The Labute approximate surface area is 121 Å². The first-order chi connectivity index (χ1) is 9.78. The van der Waals surface area contributed by atoms with Crippen molar-refractivity contribution in [2.24, 2.45) is 5.92 Å². The first-order valence-corrected chi connectivity index (χ1v) is 8.03. The minimum Gasteiger partial charge on any atom is -0.347 e. The summed E-state index contributed by atoms with van der Waals surface area (Å²) in [7, 11) is 0. The summed E-state index contributed by atoms with van der Waals surface area (Å²) in [6, 6.07) is 6.11. The third-order valence-electron chi connectivity index (χ3n) is 4.35. The molecule has 0 aromatic carbocycles. The van der Waals surface area contributed by atoms with Crippen LogP contribution in [0.15, 0.2) is 23.6 Å². The van der Waals surface area contributed by atoms with Gasteiger partial charge < -0.3 is 10.2 Å². The van der Waals surface area contributed by atoms with Crippen LogP contribution >= 0.6 is 11.3 Å². The van der Waals surface area contributed by atoms with E-state index in [-0.39, 0.29) is 11.9 Å². The van der Waals surface area contributed by atoms with E-state index in [1.807, 2.05) is 23.6 Å². The molecule has 1 unspecified atom stereocenters. The molecule has 3 atom stereocenters. The Morgan fingerprint density at radius 3 is 3.20 bits per heavy atom. The predicted molar refractivity (Wildman–Crippen MR) is 80.0 cm³/mol. The van der Waals surface area contributed by atoms with Crippen molar-refractivity contribution in [2.75, 3.05) is 19.6 Å². The molecule has 0 radical (unpaired) electrons. The van der Waals surface area contributed by atoms with Gasteiger partial charge in [-0.25, -0.2) is 4.98 Å². The lowest BCUT2D eigenvalue weighted by Gasteiger charge is -2.30. The number of fused-ring (bicyclic) bond motifs is 3. The van der Waals surface area contributed by atoms with Gasteiger partial charge in [-0.3, -0.25) is 4.79 Å². The summed E-state index contributed by atoms with van der Waals surface area (Å²) >= 11 is 1.58. The number of thiophene rings is 1. The number of amides is 1. The summed E-state index contributed by atoms with van der Waals surface area (Å²) in [5.74, 6) is 0.731. The van der Waals surface area contributed by atoms with Gasteiger partial charge in [0.05, 0.1) is 0 Å². The second-order valence-electron chi connectivity index (χ2n) is 5.83. The highest BCUT2D eigenvalue weighted by Crippen LogP contribution is 2.27. The summed E-state index contributed by atoms with van der Waals surface area (Å²) in [6.07, 6.45) is 2.40. The lowest BCUT2D eigenvalue weighted by atomic mass is 9.97. The van der Waals surface area contributed by atoms with Crippen molar-refractivity contribution in [2.45, 2.75) is 18.9 Å². The van der Waals surface area contributed by atoms with E-state index in [1.54, 1.807) is 11.3 Å². The first kappa shape index (κ1) is 12.3. The van der Waals surface area contributed by atoms with E-state index in [9.17, 15) is 4.79 Å². The Kier molecular flexibility index (Phi) is 2.97. The Balaban J connectivity index is 1.49. The van der Waals surface area contributed by atoms with Crippen LogP contribution < -0.4 is 5.32 Å². The van der Waals surface area contributed by atoms with Gasteiger partial charge in [-0.1, -0.05) is 0 Å². The molecule has 2 aliphatic rings. The fourth-order valence-corrected chi connectivity index (χ4v) is 4.16. The molecule has 2 saturated heterocycles. The zero-order chi connectivity index (χ0) is 13.5. The van der Waals surface area contributed by atoms with Crippen molar-refractivity contribution in [3.63, 3.8) is 0 Å². The minimum atomic E-state index is -0.0344. The van der Waals surface area contributed by atoms with E-state index in [4.69, 9.17) is 0 Å². The van der Waals surface area contributed by atoms with Gasteiger partial charge in [-0.2, -0.15) is 0 Å². The zero-order valence-corrected chi connectivity index (χ0v) is 12.0. The van der Waals surface area contributed by atoms with Gasteiger partial charge in [-0.15, -0.1) is 11.3 Å². The van der Waals surface area contributed by atoms with Crippen LogP contribution in [0.5, 0.6) is 0 Å². The molecule has 2 aromatic rings. The molecule has 2 fully saturated rings. The average Bonchev–Trinajstić information content (AvgIpc) is 3.04. The summed E-state index contributed by atoms with van der Waals surface area (Å²) in [6.45, 7) is 3.39. The molecule has 0 spiro atoms. The number of pyridine rings is 1. The van der Waals surface area contributed by atoms with Crippen molar-refractivity contribution in [3.05, 3.63) is 29.3 Å². The van der Waals surface area contributed by atoms with E-state index in [0.717, 1.165) is 29.1 Å². The predicted octanol–water partition coefficient (Wildman–Crippen LogP) is 2.12. The summed E-state index contributed by atoms with van der Waals surface area (Å²) in [4.78, 5) is 20.2. The molecular weight excluding hydrogens is 270 g/mol. The smallest absolute Gasteiger partial charge is 0.270 e. The second-order valence-corrected chi connectivity index (χ2v) is 6.73. The topological polar surface area (TPSA) is 45.2 Å². The van der Waals surface area contributed by atoms with E-state index in [2.05, 4.69) is 15.2 Å². The Hall–Kier alpha value is -1.46. The molecule has 1 amide bonds. The van der Waals surface area contributed by atoms with E-state index < -0.39 is 0 Å².